The second-order valence-corrected chi connectivity index (χ2v) is 7.28. The van der Waals surface area contributed by atoms with Crippen molar-refractivity contribution >= 4 is 17.1 Å². The van der Waals surface area contributed by atoms with E-state index in [0.717, 1.165) is 16.7 Å². The summed E-state index contributed by atoms with van der Waals surface area (Å²) in [4.78, 5) is 23.7. The standard InChI is InChI=1S/C22H20F3N5O/c1-13-16(12-30-19-18(28-21(30)31)11-27-20(26-2)29-19)7-4-8-17(13)15-6-3-5-14(9-15)10-22(23,24)25/h3-9,11H,10,12H2,1-2H3,(H,28,31)(H,26,27,29). The van der Waals surface area contributed by atoms with E-state index in [-0.39, 0.29) is 17.8 Å². The van der Waals surface area contributed by atoms with Crippen molar-refractivity contribution in [1.29, 1.82) is 0 Å². The molecule has 2 aromatic carbocycles. The Bertz CT molecular complexity index is 1310. The fraction of sp³-hybridized carbons (Fsp3) is 0.227. The SMILES string of the molecule is CNc1ncc2[nH]c(=O)n(Cc3cccc(-c4cccc(CC(F)(F)F)c4)c3C)c2n1. The molecule has 31 heavy (non-hydrogen) atoms. The highest BCUT2D eigenvalue weighted by atomic mass is 19.4. The lowest BCUT2D eigenvalue weighted by Crippen LogP contribution is -2.18. The predicted molar refractivity (Wildman–Crippen MR) is 113 cm³/mol. The molecule has 0 fully saturated rings. The summed E-state index contributed by atoms with van der Waals surface area (Å²) >= 11 is 0. The van der Waals surface area contributed by atoms with Crippen molar-refractivity contribution in [3.8, 4) is 11.1 Å². The Kier molecular flexibility index (Phi) is 5.26. The molecule has 0 spiro atoms. The van der Waals surface area contributed by atoms with Crippen molar-refractivity contribution < 1.29 is 13.2 Å². The van der Waals surface area contributed by atoms with Crippen LogP contribution in [0.25, 0.3) is 22.3 Å². The van der Waals surface area contributed by atoms with Gasteiger partial charge in [-0.25, -0.2) is 9.78 Å². The molecule has 0 amide bonds. The van der Waals surface area contributed by atoms with Crippen molar-refractivity contribution in [3.63, 3.8) is 0 Å². The molecule has 6 nitrogen and oxygen atoms in total. The molecule has 0 bridgehead atoms. The van der Waals surface area contributed by atoms with Gasteiger partial charge in [0.15, 0.2) is 5.65 Å². The van der Waals surface area contributed by atoms with Crippen molar-refractivity contribution in [2.45, 2.75) is 26.1 Å². The fourth-order valence-corrected chi connectivity index (χ4v) is 3.63. The maximum Gasteiger partial charge on any atom is 0.393 e. The van der Waals surface area contributed by atoms with Gasteiger partial charge in [0.2, 0.25) is 5.95 Å². The lowest BCUT2D eigenvalue weighted by Gasteiger charge is -2.14. The number of aromatic nitrogens is 4. The number of fused-ring (bicyclic) bond motifs is 1. The van der Waals surface area contributed by atoms with Gasteiger partial charge in [-0.05, 0) is 34.7 Å². The van der Waals surface area contributed by atoms with E-state index in [9.17, 15) is 18.0 Å². The Morgan fingerprint density at radius 2 is 1.94 bits per heavy atom. The third-order valence-electron chi connectivity index (χ3n) is 5.15. The van der Waals surface area contributed by atoms with Crippen LogP contribution in [-0.4, -0.2) is 32.7 Å². The second kappa shape index (κ2) is 7.90. The van der Waals surface area contributed by atoms with Gasteiger partial charge in [0, 0.05) is 7.05 Å². The lowest BCUT2D eigenvalue weighted by atomic mass is 9.94. The predicted octanol–water partition coefficient (Wildman–Crippen LogP) is 4.29. The zero-order chi connectivity index (χ0) is 22.2. The maximum atomic E-state index is 12.8. The molecule has 160 valence electrons. The number of nitrogens with one attached hydrogen (secondary N) is 2. The Hall–Kier alpha value is -3.62. The summed E-state index contributed by atoms with van der Waals surface area (Å²) < 4.78 is 39.9. The number of anilines is 1. The summed E-state index contributed by atoms with van der Waals surface area (Å²) in [6.45, 7) is 2.16. The third kappa shape index (κ3) is 4.30. The molecule has 0 unspecified atom stereocenters. The number of H-pyrrole nitrogens is 1. The molecule has 9 heteroatoms. The summed E-state index contributed by atoms with van der Waals surface area (Å²) in [6.07, 6.45) is -3.70. The summed E-state index contributed by atoms with van der Waals surface area (Å²) in [5.41, 5.74) is 4.17. The summed E-state index contributed by atoms with van der Waals surface area (Å²) in [5.74, 6) is 0.396. The molecule has 0 aliphatic rings. The number of hydrogen-bond donors (Lipinski definition) is 2. The van der Waals surface area contributed by atoms with Gasteiger partial charge in [0.05, 0.1) is 19.2 Å². The normalized spacial score (nSPS) is 11.8. The first-order chi connectivity index (χ1) is 14.7. The molecule has 0 aliphatic heterocycles. The van der Waals surface area contributed by atoms with Gasteiger partial charge in [0.25, 0.3) is 0 Å². The van der Waals surface area contributed by atoms with Crippen LogP contribution < -0.4 is 11.0 Å². The van der Waals surface area contributed by atoms with Gasteiger partial charge in [-0.15, -0.1) is 0 Å². The van der Waals surface area contributed by atoms with E-state index < -0.39 is 12.6 Å². The second-order valence-electron chi connectivity index (χ2n) is 7.28. The van der Waals surface area contributed by atoms with Crippen molar-refractivity contribution in [2.24, 2.45) is 0 Å². The zero-order valence-corrected chi connectivity index (χ0v) is 16.9. The zero-order valence-electron chi connectivity index (χ0n) is 16.9. The summed E-state index contributed by atoms with van der Waals surface area (Å²) in [6, 6.07) is 12.0. The van der Waals surface area contributed by atoms with Gasteiger partial charge in [0.1, 0.15) is 5.52 Å². The van der Waals surface area contributed by atoms with Gasteiger partial charge in [-0.2, -0.15) is 18.2 Å². The topological polar surface area (TPSA) is 75.6 Å². The smallest absolute Gasteiger partial charge is 0.357 e. The Morgan fingerprint density at radius 1 is 1.16 bits per heavy atom. The third-order valence-corrected chi connectivity index (χ3v) is 5.15. The van der Waals surface area contributed by atoms with Crippen LogP contribution in [0.4, 0.5) is 19.1 Å². The van der Waals surface area contributed by atoms with E-state index in [1.807, 2.05) is 25.1 Å². The minimum atomic E-state index is -4.26. The molecule has 0 saturated heterocycles. The molecule has 0 aliphatic carbocycles. The molecule has 2 N–H and O–H groups in total. The van der Waals surface area contributed by atoms with Crippen molar-refractivity contribution in [3.05, 3.63) is 75.8 Å². The van der Waals surface area contributed by atoms with E-state index >= 15 is 0 Å². The number of alkyl halides is 3. The molecule has 2 heterocycles. The van der Waals surface area contributed by atoms with Crippen LogP contribution in [0.5, 0.6) is 0 Å². The first kappa shape index (κ1) is 20.6. The molecule has 0 saturated carbocycles. The number of imidazole rings is 1. The van der Waals surface area contributed by atoms with E-state index in [4.69, 9.17) is 0 Å². The highest BCUT2D eigenvalue weighted by Crippen LogP contribution is 2.29. The molecule has 4 rings (SSSR count). The van der Waals surface area contributed by atoms with Gasteiger partial charge < -0.3 is 10.3 Å². The fourth-order valence-electron chi connectivity index (χ4n) is 3.63. The molecule has 4 aromatic rings. The van der Waals surface area contributed by atoms with Crippen LogP contribution in [0, 0.1) is 6.92 Å². The summed E-state index contributed by atoms with van der Waals surface area (Å²) in [7, 11) is 1.69. The Morgan fingerprint density at radius 3 is 2.68 bits per heavy atom. The monoisotopic (exact) mass is 427 g/mol. The van der Waals surface area contributed by atoms with Gasteiger partial charge in [-0.1, -0.05) is 42.5 Å². The van der Waals surface area contributed by atoms with Crippen LogP contribution >= 0.6 is 0 Å². The Labute approximate surface area is 175 Å². The van der Waals surface area contributed by atoms with Crippen molar-refractivity contribution in [2.75, 3.05) is 12.4 Å². The first-order valence-electron chi connectivity index (χ1n) is 9.63. The van der Waals surface area contributed by atoms with Crippen LogP contribution in [-0.2, 0) is 13.0 Å². The van der Waals surface area contributed by atoms with Gasteiger partial charge in [-0.3, -0.25) is 4.57 Å². The number of rotatable bonds is 5. The van der Waals surface area contributed by atoms with E-state index in [2.05, 4.69) is 20.3 Å². The molecular weight excluding hydrogens is 407 g/mol. The number of halogens is 3. The molecule has 0 radical (unpaired) electrons. The number of benzene rings is 2. The van der Waals surface area contributed by atoms with Crippen LogP contribution in [0.2, 0.25) is 0 Å². The highest BCUT2D eigenvalue weighted by molar-refractivity contribution is 5.72. The number of nitrogens with zero attached hydrogens (tertiary/aromatic N) is 3. The Balaban J connectivity index is 1.73. The molecule has 0 atom stereocenters. The average Bonchev–Trinajstić information content (AvgIpc) is 3.02. The maximum absolute atomic E-state index is 12.8. The van der Waals surface area contributed by atoms with E-state index in [0.29, 0.717) is 22.7 Å². The summed E-state index contributed by atoms with van der Waals surface area (Å²) in [5, 5.41) is 2.85. The van der Waals surface area contributed by atoms with E-state index in [1.54, 1.807) is 31.4 Å². The lowest BCUT2D eigenvalue weighted by molar-refractivity contribution is -0.127. The van der Waals surface area contributed by atoms with Crippen LogP contribution in [0.15, 0.2) is 53.5 Å². The largest absolute Gasteiger partial charge is 0.393 e. The van der Waals surface area contributed by atoms with Crippen LogP contribution in [0.1, 0.15) is 16.7 Å². The molecule has 2 aromatic heterocycles. The van der Waals surface area contributed by atoms with Crippen LogP contribution in [0.3, 0.4) is 0 Å². The van der Waals surface area contributed by atoms with Crippen molar-refractivity contribution in [1.82, 2.24) is 19.5 Å². The van der Waals surface area contributed by atoms with Gasteiger partial charge >= 0.3 is 11.9 Å². The minimum absolute atomic E-state index is 0.207. The highest BCUT2D eigenvalue weighted by Gasteiger charge is 2.27. The minimum Gasteiger partial charge on any atom is -0.357 e. The first-order valence-corrected chi connectivity index (χ1v) is 9.63. The molecular formula is C22H20F3N5O. The number of hydrogen-bond acceptors (Lipinski definition) is 4. The number of aromatic amines is 1. The quantitative estimate of drug-likeness (QED) is 0.498. The average molecular weight is 427 g/mol. The van der Waals surface area contributed by atoms with E-state index in [1.165, 1.54) is 10.6 Å².